The summed E-state index contributed by atoms with van der Waals surface area (Å²) in [5.41, 5.74) is 3.02. The zero-order valence-electron chi connectivity index (χ0n) is 8.37. The van der Waals surface area contributed by atoms with Gasteiger partial charge in [-0.1, -0.05) is 0 Å². The van der Waals surface area contributed by atoms with Crippen LogP contribution in [0, 0.1) is 11.3 Å². The minimum absolute atomic E-state index is 0.352. The fourth-order valence-electron chi connectivity index (χ4n) is 1.69. The molecule has 0 N–H and O–H groups in total. The maximum absolute atomic E-state index is 8.69. The van der Waals surface area contributed by atoms with E-state index in [0.29, 0.717) is 6.54 Å². The largest absolute Gasteiger partial charge is 0.318 e. The van der Waals surface area contributed by atoms with Gasteiger partial charge < -0.3 is 4.57 Å². The minimum Gasteiger partial charge on any atom is -0.318 e. The summed E-state index contributed by atoms with van der Waals surface area (Å²) in [5, 5.41) is 17.2. The van der Waals surface area contributed by atoms with Crippen LogP contribution in [-0.2, 0) is 6.54 Å². The lowest BCUT2D eigenvalue weighted by molar-refractivity contribution is 0.859. The number of hydrogen-bond donors (Lipinski definition) is 0. The van der Waals surface area contributed by atoms with Crippen molar-refractivity contribution in [1.29, 1.82) is 5.26 Å². The Labute approximate surface area is 96.0 Å². The van der Waals surface area contributed by atoms with E-state index < -0.39 is 0 Å². The van der Waals surface area contributed by atoms with Crippen molar-refractivity contribution in [2.24, 2.45) is 0 Å². The van der Waals surface area contributed by atoms with Gasteiger partial charge in [-0.15, -0.1) is 0 Å². The lowest BCUT2D eigenvalue weighted by atomic mass is 10.2. The van der Waals surface area contributed by atoms with Crippen LogP contribution in [0.5, 0.6) is 0 Å². The molecule has 0 saturated carbocycles. The lowest BCUT2D eigenvalue weighted by Gasteiger charge is -1.92. The van der Waals surface area contributed by atoms with E-state index in [0.717, 1.165) is 16.9 Å². The Morgan fingerprint density at radius 1 is 1.44 bits per heavy atom. The molecule has 0 unspecified atom stereocenters. The van der Waals surface area contributed by atoms with Gasteiger partial charge >= 0.3 is 0 Å². The monoisotopic (exact) mass is 228 g/mol. The molecule has 0 fully saturated rings. The molecule has 0 aromatic carbocycles. The van der Waals surface area contributed by atoms with Crippen LogP contribution in [0.15, 0.2) is 35.3 Å². The molecule has 0 aliphatic heterocycles. The van der Waals surface area contributed by atoms with Gasteiger partial charge in [0.2, 0.25) is 0 Å². The first-order valence-electron chi connectivity index (χ1n) is 4.82. The molecule has 5 heteroatoms. The van der Waals surface area contributed by atoms with E-state index in [1.54, 1.807) is 15.9 Å². The first-order valence-corrected chi connectivity index (χ1v) is 5.77. The predicted octanol–water partition coefficient (Wildman–Crippen LogP) is 2.39. The number of aromatic nitrogens is 3. The van der Waals surface area contributed by atoms with Gasteiger partial charge in [0.1, 0.15) is 12.2 Å². The van der Waals surface area contributed by atoms with E-state index in [-0.39, 0.29) is 0 Å². The van der Waals surface area contributed by atoms with Gasteiger partial charge in [-0.2, -0.15) is 21.7 Å². The first-order chi connectivity index (χ1) is 7.88. The molecule has 0 aliphatic carbocycles. The first kappa shape index (κ1) is 9.19. The van der Waals surface area contributed by atoms with Gasteiger partial charge in [0.15, 0.2) is 0 Å². The summed E-state index contributed by atoms with van der Waals surface area (Å²) in [6.07, 6.45) is 3.73. The highest BCUT2D eigenvalue weighted by atomic mass is 32.1. The summed E-state index contributed by atoms with van der Waals surface area (Å²) in [6, 6.07) is 6.17. The molecule has 3 rings (SSSR count). The Morgan fingerprint density at radius 2 is 2.38 bits per heavy atom. The van der Waals surface area contributed by atoms with Crippen molar-refractivity contribution in [1.82, 2.24) is 14.2 Å². The third-order valence-electron chi connectivity index (χ3n) is 2.46. The van der Waals surface area contributed by atoms with Crippen molar-refractivity contribution in [2.75, 3.05) is 0 Å². The van der Waals surface area contributed by atoms with Gasteiger partial charge in [-0.3, -0.25) is 0 Å². The highest BCUT2D eigenvalue weighted by Crippen LogP contribution is 2.22. The van der Waals surface area contributed by atoms with Crippen molar-refractivity contribution in [3.63, 3.8) is 0 Å². The number of hydrogen-bond acceptors (Lipinski definition) is 3. The molecule has 16 heavy (non-hydrogen) atoms. The van der Waals surface area contributed by atoms with E-state index in [2.05, 4.69) is 16.5 Å². The summed E-state index contributed by atoms with van der Waals surface area (Å²) in [5.74, 6) is 0. The number of imidazole rings is 1. The molecular weight excluding hydrogens is 220 g/mol. The molecule has 3 aromatic rings. The second-order valence-corrected chi connectivity index (χ2v) is 4.21. The standard InChI is InChI=1S/C11H8N4S/c12-2-3-14-4-5-15-11(14)7-10(13-15)9-1-6-16-8-9/h1,4-8H,3H2. The number of rotatable bonds is 2. The molecule has 3 aromatic heterocycles. The molecule has 0 radical (unpaired) electrons. The molecule has 0 amide bonds. The van der Waals surface area contributed by atoms with Crippen LogP contribution in [0.25, 0.3) is 16.9 Å². The Balaban J connectivity index is 2.14. The smallest absolute Gasteiger partial charge is 0.137 e. The second-order valence-electron chi connectivity index (χ2n) is 3.43. The van der Waals surface area contributed by atoms with Crippen LogP contribution >= 0.6 is 11.3 Å². The average molecular weight is 228 g/mol. The molecule has 78 valence electrons. The summed E-state index contributed by atoms with van der Waals surface area (Å²) < 4.78 is 3.67. The van der Waals surface area contributed by atoms with Crippen molar-refractivity contribution >= 4 is 17.0 Å². The Morgan fingerprint density at radius 3 is 3.12 bits per heavy atom. The van der Waals surface area contributed by atoms with E-state index in [1.807, 2.05) is 34.5 Å². The zero-order valence-corrected chi connectivity index (χ0v) is 9.18. The van der Waals surface area contributed by atoms with Crippen LogP contribution in [0.3, 0.4) is 0 Å². The molecule has 3 heterocycles. The zero-order chi connectivity index (χ0) is 11.0. The molecule has 0 spiro atoms. The Hall–Kier alpha value is -2.06. The summed E-state index contributed by atoms with van der Waals surface area (Å²) in [4.78, 5) is 0. The quantitative estimate of drug-likeness (QED) is 0.676. The topological polar surface area (TPSA) is 46.0 Å². The normalized spacial score (nSPS) is 10.7. The molecule has 0 saturated heterocycles. The Kier molecular flexibility index (Phi) is 2.01. The van der Waals surface area contributed by atoms with Crippen molar-refractivity contribution < 1.29 is 0 Å². The number of nitrogens with zero attached hydrogens (tertiary/aromatic N) is 4. The van der Waals surface area contributed by atoms with E-state index in [4.69, 9.17) is 5.26 Å². The van der Waals surface area contributed by atoms with Crippen molar-refractivity contribution in [2.45, 2.75) is 6.54 Å². The molecular formula is C11H8N4S. The summed E-state index contributed by atoms with van der Waals surface area (Å²) in [7, 11) is 0. The van der Waals surface area contributed by atoms with Gasteiger partial charge in [0.05, 0.1) is 11.8 Å². The number of nitriles is 1. The van der Waals surface area contributed by atoms with Crippen LogP contribution < -0.4 is 0 Å². The van der Waals surface area contributed by atoms with Gasteiger partial charge in [-0.05, 0) is 11.4 Å². The van der Waals surface area contributed by atoms with Crippen LogP contribution in [-0.4, -0.2) is 14.2 Å². The third kappa shape index (κ3) is 1.32. The summed E-state index contributed by atoms with van der Waals surface area (Å²) in [6.45, 7) is 0.352. The number of fused-ring (bicyclic) bond motifs is 1. The van der Waals surface area contributed by atoms with E-state index in [1.165, 1.54) is 0 Å². The second kappa shape index (κ2) is 3.51. The fourth-order valence-corrected chi connectivity index (χ4v) is 2.34. The van der Waals surface area contributed by atoms with Crippen LogP contribution in [0.4, 0.5) is 0 Å². The van der Waals surface area contributed by atoms with Gasteiger partial charge in [0.25, 0.3) is 0 Å². The predicted molar refractivity (Wildman–Crippen MR) is 62.1 cm³/mol. The highest BCUT2D eigenvalue weighted by molar-refractivity contribution is 7.08. The van der Waals surface area contributed by atoms with Crippen molar-refractivity contribution in [3.8, 4) is 17.3 Å². The SMILES string of the molecule is N#CCn1ccn2nc(-c3ccsc3)cc12. The molecule has 0 aliphatic rings. The third-order valence-corrected chi connectivity index (χ3v) is 3.14. The van der Waals surface area contributed by atoms with Crippen LogP contribution in [0.1, 0.15) is 0 Å². The molecule has 4 nitrogen and oxygen atoms in total. The molecule has 0 bridgehead atoms. The highest BCUT2D eigenvalue weighted by Gasteiger charge is 2.07. The molecule has 0 atom stereocenters. The minimum atomic E-state index is 0.352. The van der Waals surface area contributed by atoms with E-state index >= 15 is 0 Å². The van der Waals surface area contributed by atoms with Crippen LogP contribution in [0.2, 0.25) is 0 Å². The lowest BCUT2D eigenvalue weighted by Crippen LogP contribution is -1.92. The number of thiophene rings is 1. The van der Waals surface area contributed by atoms with Gasteiger partial charge in [0, 0.05) is 29.4 Å². The van der Waals surface area contributed by atoms with Crippen molar-refractivity contribution in [3.05, 3.63) is 35.3 Å². The summed E-state index contributed by atoms with van der Waals surface area (Å²) >= 11 is 1.65. The van der Waals surface area contributed by atoms with Gasteiger partial charge in [-0.25, -0.2) is 4.52 Å². The fraction of sp³-hybridized carbons (Fsp3) is 0.0909. The Bertz CT molecular complexity index is 654. The maximum atomic E-state index is 8.69. The van der Waals surface area contributed by atoms with E-state index in [9.17, 15) is 0 Å². The maximum Gasteiger partial charge on any atom is 0.137 e. The average Bonchev–Trinajstić information content (AvgIpc) is 2.93.